The number of hydrogen-bond acceptors (Lipinski definition) is 2. The first-order chi connectivity index (χ1) is 9.50. The van der Waals surface area contributed by atoms with E-state index in [1.807, 2.05) is 0 Å². The zero-order valence-electron chi connectivity index (χ0n) is 11.3. The van der Waals surface area contributed by atoms with E-state index in [4.69, 9.17) is 0 Å². The van der Waals surface area contributed by atoms with Crippen molar-refractivity contribution in [1.82, 2.24) is 4.90 Å². The lowest BCUT2D eigenvalue weighted by Gasteiger charge is -2.39. The van der Waals surface area contributed by atoms with Crippen LogP contribution in [0.2, 0.25) is 0 Å². The van der Waals surface area contributed by atoms with Gasteiger partial charge in [-0.3, -0.25) is 4.79 Å². The molecule has 1 saturated carbocycles. The predicted octanol–water partition coefficient (Wildman–Crippen LogP) is 3.89. The van der Waals surface area contributed by atoms with Gasteiger partial charge in [-0.1, -0.05) is 35.2 Å². The Morgan fingerprint density at radius 3 is 2.65 bits per heavy atom. The maximum atomic E-state index is 13.8. The number of carbonyl (C=O) groups excluding carboxylic acids is 1. The van der Waals surface area contributed by atoms with Crippen LogP contribution < -0.4 is 0 Å². The van der Waals surface area contributed by atoms with Crippen molar-refractivity contribution in [2.24, 2.45) is 0 Å². The smallest absolute Gasteiger partial charge is 0.257 e. The standard InChI is InChI=1S/C15H16BrFN2O/c1-19(15(10-18)7-3-2-4-8-15)14(20)12-9-11(16)5-6-13(12)17/h5-6,9H,2-4,7-8H2,1H3. The number of rotatable bonds is 2. The van der Waals surface area contributed by atoms with E-state index in [1.165, 1.54) is 17.0 Å². The Balaban J connectivity index is 2.32. The quantitative estimate of drug-likeness (QED) is 0.821. The first-order valence-corrected chi connectivity index (χ1v) is 7.44. The van der Waals surface area contributed by atoms with Crippen molar-refractivity contribution in [2.45, 2.75) is 37.6 Å². The van der Waals surface area contributed by atoms with Gasteiger partial charge >= 0.3 is 0 Å². The molecule has 0 unspecified atom stereocenters. The molecule has 0 aromatic heterocycles. The summed E-state index contributed by atoms with van der Waals surface area (Å²) >= 11 is 3.24. The molecule has 3 nitrogen and oxygen atoms in total. The highest BCUT2D eigenvalue weighted by atomic mass is 79.9. The molecular weight excluding hydrogens is 323 g/mol. The Morgan fingerprint density at radius 2 is 2.05 bits per heavy atom. The molecule has 1 amide bonds. The van der Waals surface area contributed by atoms with Crippen LogP contribution in [0.15, 0.2) is 22.7 Å². The molecule has 20 heavy (non-hydrogen) atoms. The van der Waals surface area contributed by atoms with Crippen LogP contribution in [0.3, 0.4) is 0 Å². The number of benzene rings is 1. The van der Waals surface area contributed by atoms with Crippen molar-refractivity contribution < 1.29 is 9.18 Å². The van der Waals surface area contributed by atoms with Gasteiger partial charge in [-0.2, -0.15) is 5.26 Å². The van der Waals surface area contributed by atoms with Gasteiger partial charge in [0.1, 0.15) is 11.4 Å². The second-order valence-corrected chi connectivity index (χ2v) is 6.11. The third-order valence-electron chi connectivity index (χ3n) is 3.99. The van der Waals surface area contributed by atoms with Crippen molar-refractivity contribution in [3.8, 4) is 6.07 Å². The van der Waals surface area contributed by atoms with E-state index >= 15 is 0 Å². The highest BCUT2D eigenvalue weighted by Gasteiger charge is 2.39. The summed E-state index contributed by atoms with van der Waals surface area (Å²) in [6.07, 6.45) is 4.23. The first kappa shape index (κ1) is 15.0. The molecule has 1 aromatic carbocycles. The van der Waals surface area contributed by atoms with Gasteiger partial charge in [0.15, 0.2) is 0 Å². The van der Waals surface area contributed by atoms with Gasteiger partial charge in [-0.25, -0.2) is 4.39 Å². The normalized spacial score (nSPS) is 17.3. The fraction of sp³-hybridized carbons (Fsp3) is 0.467. The van der Waals surface area contributed by atoms with E-state index in [0.29, 0.717) is 17.3 Å². The Labute approximate surface area is 126 Å². The highest BCUT2D eigenvalue weighted by Crippen LogP contribution is 2.33. The molecule has 1 aromatic rings. The molecule has 1 aliphatic carbocycles. The van der Waals surface area contributed by atoms with Crippen LogP contribution in [0.1, 0.15) is 42.5 Å². The fourth-order valence-electron chi connectivity index (χ4n) is 2.70. The Bertz CT molecular complexity index is 561. The summed E-state index contributed by atoms with van der Waals surface area (Å²) in [5.74, 6) is -0.999. The van der Waals surface area contributed by atoms with Crippen LogP contribution >= 0.6 is 15.9 Å². The lowest BCUT2D eigenvalue weighted by molar-refractivity contribution is 0.0584. The largest absolute Gasteiger partial charge is 0.323 e. The van der Waals surface area contributed by atoms with Crippen LogP contribution in [0, 0.1) is 17.1 Å². The minimum Gasteiger partial charge on any atom is -0.323 e. The number of carbonyl (C=O) groups is 1. The SMILES string of the molecule is CN(C(=O)c1cc(Br)ccc1F)C1(C#N)CCCCC1. The fourth-order valence-corrected chi connectivity index (χ4v) is 3.06. The van der Waals surface area contributed by atoms with Gasteiger partial charge in [-0.05, 0) is 31.0 Å². The average molecular weight is 339 g/mol. The van der Waals surface area contributed by atoms with E-state index in [0.717, 1.165) is 19.3 Å². The van der Waals surface area contributed by atoms with Gasteiger partial charge in [0, 0.05) is 11.5 Å². The average Bonchev–Trinajstić information content (AvgIpc) is 2.49. The van der Waals surface area contributed by atoms with Crippen molar-refractivity contribution in [2.75, 3.05) is 7.05 Å². The molecule has 0 radical (unpaired) electrons. The first-order valence-electron chi connectivity index (χ1n) is 6.65. The second-order valence-electron chi connectivity index (χ2n) is 5.19. The summed E-state index contributed by atoms with van der Waals surface area (Å²) in [5, 5.41) is 9.48. The molecule has 106 valence electrons. The molecule has 0 saturated heterocycles. The summed E-state index contributed by atoms with van der Waals surface area (Å²) in [6, 6.07) is 6.54. The summed E-state index contributed by atoms with van der Waals surface area (Å²) < 4.78 is 14.5. The third-order valence-corrected chi connectivity index (χ3v) is 4.49. The molecule has 0 bridgehead atoms. The van der Waals surface area contributed by atoms with Gasteiger partial charge in [0.25, 0.3) is 5.91 Å². The summed E-state index contributed by atoms with van der Waals surface area (Å²) in [7, 11) is 1.59. The molecule has 5 heteroatoms. The molecule has 1 fully saturated rings. The number of nitrogens with zero attached hydrogens (tertiary/aromatic N) is 2. The molecule has 0 heterocycles. The molecule has 2 rings (SSSR count). The van der Waals surface area contributed by atoms with Gasteiger partial charge < -0.3 is 4.90 Å². The highest BCUT2D eigenvalue weighted by molar-refractivity contribution is 9.10. The Kier molecular flexibility index (Phi) is 4.44. The molecule has 0 aliphatic heterocycles. The topological polar surface area (TPSA) is 44.1 Å². The summed E-state index contributed by atoms with van der Waals surface area (Å²) in [6.45, 7) is 0. The van der Waals surface area contributed by atoms with Gasteiger partial charge in [-0.15, -0.1) is 0 Å². The van der Waals surface area contributed by atoms with Gasteiger partial charge in [0.05, 0.1) is 11.6 Å². The lowest BCUT2D eigenvalue weighted by atomic mass is 9.81. The Hall–Kier alpha value is -1.41. The van der Waals surface area contributed by atoms with Crippen molar-refractivity contribution in [3.05, 3.63) is 34.1 Å². The summed E-state index contributed by atoms with van der Waals surface area (Å²) in [4.78, 5) is 13.9. The minimum absolute atomic E-state index is 0.00192. The van der Waals surface area contributed by atoms with Crippen molar-refractivity contribution in [3.63, 3.8) is 0 Å². The predicted molar refractivity (Wildman–Crippen MR) is 77.6 cm³/mol. The molecule has 0 spiro atoms. The van der Waals surface area contributed by atoms with Crippen LogP contribution in [-0.2, 0) is 0 Å². The zero-order valence-corrected chi connectivity index (χ0v) is 12.9. The van der Waals surface area contributed by atoms with Crippen molar-refractivity contribution >= 4 is 21.8 Å². The maximum Gasteiger partial charge on any atom is 0.257 e. The number of halogens is 2. The molecule has 0 atom stereocenters. The van der Waals surface area contributed by atoms with E-state index in [9.17, 15) is 14.4 Å². The van der Waals surface area contributed by atoms with E-state index in [-0.39, 0.29) is 5.56 Å². The lowest BCUT2D eigenvalue weighted by Crippen LogP contribution is -2.50. The van der Waals surface area contributed by atoms with E-state index < -0.39 is 17.3 Å². The number of amides is 1. The van der Waals surface area contributed by atoms with Gasteiger partial charge in [0.2, 0.25) is 0 Å². The van der Waals surface area contributed by atoms with Crippen LogP contribution in [0.4, 0.5) is 4.39 Å². The number of hydrogen-bond donors (Lipinski definition) is 0. The van der Waals surface area contributed by atoms with Crippen LogP contribution in [-0.4, -0.2) is 23.4 Å². The third kappa shape index (κ3) is 2.71. The van der Waals surface area contributed by atoms with Crippen LogP contribution in [0.5, 0.6) is 0 Å². The summed E-state index contributed by atoms with van der Waals surface area (Å²) in [5.41, 5.74) is -0.800. The molecule has 0 N–H and O–H groups in total. The monoisotopic (exact) mass is 338 g/mol. The zero-order chi connectivity index (χ0) is 14.8. The maximum absolute atomic E-state index is 13.8. The molecular formula is C15H16BrFN2O. The second kappa shape index (κ2) is 5.92. The molecule has 1 aliphatic rings. The van der Waals surface area contributed by atoms with E-state index in [2.05, 4.69) is 22.0 Å². The Morgan fingerprint density at radius 1 is 1.40 bits per heavy atom. The minimum atomic E-state index is -0.801. The van der Waals surface area contributed by atoms with Crippen LogP contribution in [0.25, 0.3) is 0 Å². The number of nitriles is 1. The van der Waals surface area contributed by atoms with E-state index in [1.54, 1.807) is 13.1 Å². The van der Waals surface area contributed by atoms with Crippen molar-refractivity contribution in [1.29, 1.82) is 5.26 Å².